The van der Waals surface area contributed by atoms with Gasteiger partial charge in [0.15, 0.2) is 0 Å². The van der Waals surface area contributed by atoms with Crippen molar-refractivity contribution >= 4 is 15.8 Å². The second-order valence-electron chi connectivity index (χ2n) is 5.97. The van der Waals surface area contributed by atoms with Crippen LogP contribution >= 0.6 is 0 Å². The molecule has 1 aromatic rings. The molecule has 122 valence electrons. The smallest absolute Gasteiger partial charge is 0.274 e. The zero-order chi connectivity index (χ0) is 15.4. The number of H-pyrrole nitrogens is 1. The van der Waals surface area contributed by atoms with Crippen LogP contribution in [0.2, 0.25) is 0 Å². The fraction of sp³-hybridized carbons (Fsp3) is 0.667. The predicted octanol–water partition coefficient (Wildman–Crippen LogP) is 0.948. The van der Waals surface area contributed by atoms with Crippen LogP contribution in [0.1, 0.15) is 32.1 Å². The number of morpholine rings is 1. The van der Waals surface area contributed by atoms with Gasteiger partial charge in [-0.2, -0.15) is 0 Å². The third kappa shape index (κ3) is 3.77. The summed E-state index contributed by atoms with van der Waals surface area (Å²) in [5.74, 6) is 0.930. The lowest BCUT2D eigenvalue weighted by molar-refractivity contribution is -0.367. The van der Waals surface area contributed by atoms with Gasteiger partial charge in [0, 0.05) is 12.1 Å². The standard InChI is InChI=1S/C15H23N3O3S/c19-22(20,17-13-4-2-1-3-5-13)14-6-7-15(16-12-14)18-8-10-21-11-9-18/h6-7,12-13,17H,1-5,8-11H2/p+1. The lowest BCUT2D eigenvalue weighted by Crippen LogP contribution is -2.40. The fourth-order valence-corrected chi connectivity index (χ4v) is 4.35. The summed E-state index contributed by atoms with van der Waals surface area (Å²) >= 11 is 0. The van der Waals surface area contributed by atoms with Crippen LogP contribution in [0.15, 0.2) is 23.2 Å². The molecular weight excluding hydrogens is 302 g/mol. The van der Waals surface area contributed by atoms with E-state index < -0.39 is 10.0 Å². The van der Waals surface area contributed by atoms with Gasteiger partial charge >= 0.3 is 0 Å². The van der Waals surface area contributed by atoms with Gasteiger partial charge in [-0.25, -0.2) is 18.1 Å². The van der Waals surface area contributed by atoms with Gasteiger partial charge in [-0.1, -0.05) is 19.3 Å². The molecule has 1 aliphatic carbocycles. The van der Waals surface area contributed by atoms with Crippen LogP contribution in [0.5, 0.6) is 0 Å². The summed E-state index contributed by atoms with van der Waals surface area (Å²) in [5, 5.41) is 0. The molecule has 2 N–H and O–H groups in total. The van der Waals surface area contributed by atoms with Crippen molar-refractivity contribution < 1.29 is 18.1 Å². The SMILES string of the molecule is O=S(=O)(NC1CCCCC1)c1ccc(N2CCOCC2)[nH+]c1. The minimum absolute atomic E-state index is 0.0812. The molecule has 6 nitrogen and oxygen atoms in total. The zero-order valence-corrected chi connectivity index (χ0v) is 13.6. The Kier molecular flexibility index (Phi) is 4.95. The molecular formula is C15H24N3O3S+. The van der Waals surface area contributed by atoms with Crippen molar-refractivity contribution in [1.29, 1.82) is 0 Å². The van der Waals surface area contributed by atoms with E-state index in [4.69, 9.17) is 4.74 Å². The molecule has 1 saturated heterocycles. The normalized spacial score (nSPS) is 21.0. The van der Waals surface area contributed by atoms with Crippen molar-refractivity contribution in [3.8, 4) is 0 Å². The first-order chi connectivity index (χ1) is 10.6. The van der Waals surface area contributed by atoms with Crippen LogP contribution in [-0.2, 0) is 14.8 Å². The molecule has 7 heteroatoms. The average Bonchev–Trinajstić information content (AvgIpc) is 2.56. The van der Waals surface area contributed by atoms with Crippen LogP contribution in [0, 0.1) is 0 Å². The Morgan fingerprint density at radius 2 is 1.86 bits per heavy atom. The van der Waals surface area contributed by atoms with Crippen LogP contribution in [-0.4, -0.2) is 40.8 Å². The van der Waals surface area contributed by atoms with E-state index in [9.17, 15) is 8.42 Å². The molecule has 2 aliphatic rings. The second-order valence-corrected chi connectivity index (χ2v) is 7.68. The van der Waals surface area contributed by atoms with Crippen molar-refractivity contribution in [2.75, 3.05) is 31.2 Å². The lowest BCUT2D eigenvalue weighted by Gasteiger charge is -2.23. The summed E-state index contributed by atoms with van der Waals surface area (Å²) in [7, 11) is -3.43. The molecule has 0 unspecified atom stereocenters. The monoisotopic (exact) mass is 326 g/mol. The molecule has 22 heavy (non-hydrogen) atoms. The van der Waals surface area contributed by atoms with Gasteiger partial charge in [-0.15, -0.1) is 0 Å². The van der Waals surface area contributed by atoms with Crippen molar-refractivity contribution in [3.05, 3.63) is 18.3 Å². The largest absolute Gasteiger partial charge is 0.373 e. The Hall–Kier alpha value is -1.18. The number of anilines is 1. The highest BCUT2D eigenvalue weighted by Crippen LogP contribution is 2.20. The number of aromatic nitrogens is 1. The molecule has 0 aromatic carbocycles. The maximum atomic E-state index is 12.4. The van der Waals surface area contributed by atoms with Gasteiger partial charge in [0.05, 0.1) is 13.2 Å². The Labute approximate surface area is 131 Å². The lowest BCUT2D eigenvalue weighted by atomic mass is 9.96. The van der Waals surface area contributed by atoms with E-state index in [1.54, 1.807) is 12.3 Å². The summed E-state index contributed by atoms with van der Waals surface area (Å²) in [6.07, 6.45) is 6.88. The number of aromatic amines is 1. The number of rotatable bonds is 4. The van der Waals surface area contributed by atoms with Gasteiger partial charge in [0.1, 0.15) is 24.2 Å². The third-order valence-electron chi connectivity index (χ3n) is 4.36. The zero-order valence-electron chi connectivity index (χ0n) is 12.8. The van der Waals surface area contributed by atoms with Crippen molar-refractivity contribution in [3.63, 3.8) is 0 Å². The van der Waals surface area contributed by atoms with Crippen LogP contribution in [0.25, 0.3) is 0 Å². The minimum Gasteiger partial charge on any atom is -0.373 e. The van der Waals surface area contributed by atoms with E-state index in [2.05, 4.69) is 14.6 Å². The number of ether oxygens (including phenoxy) is 1. The maximum Gasteiger partial charge on any atom is 0.274 e. The Morgan fingerprint density at radius 1 is 1.14 bits per heavy atom. The highest BCUT2D eigenvalue weighted by molar-refractivity contribution is 7.89. The van der Waals surface area contributed by atoms with Crippen molar-refractivity contribution in [1.82, 2.24) is 4.72 Å². The fourth-order valence-electron chi connectivity index (χ4n) is 3.08. The summed E-state index contributed by atoms with van der Waals surface area (Å²) in [6, 6.07) is 3.59. The minimum atomic E-state index is -3.43. The quantitative estimate of drug-likeness (QED) is 0.894. The Morgan fingerprint density at radius 3 is 2.50 bits per heavy atom. The molecule has 3 rings (SSSR count). The predicted molar refractivity (Wildman–Crippen MR) is 83.2 cm³/mol. The van der Waals surface area contributed by atoms with E-state index in [1.165, 1.54) is 6.42 Å². The molecule has 1 saturated carbocycles. The molecule has 0 radical (unpaired) electrons. The average molecular weight is 326 g/mol. The van der Waals surface area contributed by atoms with Gasteiger partial charge in [0.2, 0.25) is 10.0 Å². The first kappa shape index (κ1) is 15.7. The molecule has 2 heterocycles. The van der Waals surface area contributed by atoms with E-state index in [0.717, 1.165) is 44.6 Å². The van der Waals surface area contributed by atoms with E-state index in [0.29, 0.717) is 18.1 Å². The molecule has 0 bridgehead atoms. The molecule has 0 spiro atoms. The number of sulfonamides is 1. The van der Waals surface area contributed by atoms with Crippen LogP contribution < -0.4 is 14.6 Å². The van der Waals surface area contributed by atoms with Gasteiger partial charge in [-0.3, -0.25) is 4.90 Å². The Balaban J connectivity index is 1.68. The topological polar surface area (TPSA) is 72.8 Å². The summed E-state index contributed by atoms with van der Waals surface area (Å²) in [6.45, 7) is 3.06. The first-order valence-corrected chi connectivity index (χ1v) is 9.50. The molecule has 0 amide bonds. The van der Waals surface area contributed by atoms with Gasteiger partial charge < -0.3 is 4.74 Å². The maximum absolute atomic E-state index is 12.4. The third-order valence-corrected chi connectivity index (χ3v) is 5.88. The summed E-state index contributed by atoms with van der Waals surface area (Å²) < 4.78 is 33.0. The first-order valence-electron chi connectivity index (χ1n) is 8.02. The second kappa shape index (κ2) is 6.93. The van der Waals surface area contributed by atoms with Crippen molar-refractivity contribution in [2.45, 2.75) is 43.0 Å². The summed E-state index contributed by atoms with van der Waals surface area (Å²) in [5.41, 5.74) is 0. The van der Waals surface area contributed by atoms with Crippen LogP contribution in [0.3, 0.4) is 0 Å². The van der Waals surface area contributed by atoms with E-state index in [1.807, 2.05) is 6.07 Å². The Bertz CT molecular complexity index is 577. The highest BCUT2D eigenvalue weighted by Gasteiger charge is 2.24. The van der Waals surface area contributed by atoms with Crippen molar-refractivity contribution in [2.24, 2.45) is 0 Å². The van der Waals surface area contributed by atoms with Gasteiger partial charge in [-0.05, 0) is 18.9 Å². The molecule has 0 atom stereocenters. The van der Waals surface area contributed by atoms with Crippen LogP contribution in [0.4, 0.5) is 5.82 Å². The number of pyridine rings is 1. The van der Waals surface area contributed by atoms with Gasteiger partial charge in [0.25, 0.3) is 5.82 Å². The molecule has 2 fully saturated rings. The van der Waals surface area contributed by atoms with E-state index in [-0.39, 0.29) is 6.04 Å². The highest BCUT2D eigenvalue weighted by atomic mass is 32.2. The van der Waals surface area contributed by atoms with E-state index >= 15 is 0 Å². The molecule has 1 aliphatic heterocycles. The number of hydrogen-bond acceptors (Lipinski definition) is 4. The number of nitrogens with one attached hydrogen (secondary N) is 2. The number of hydrogen-bond donors (Lipinski definition) is 1. The number of nitrogens with zero attached hydrogens (tertiary/aromatic N) is 1. The summed E-state index contributed by atoms with van der Waals surface area (Å²) in [4.78, 5) is 5.56. The molecule has 1 aromatic heterocycles.